The van der Waals surface area contributed by atoms with Crippen LogP contribution < -0.4 is 11.2 Å². The van der Waals surface area contributed by atoms with Gasteiger partial charge in [0.1, 0.15) is 0 Å². The first-order valence-electron chi connectivity index (χ1n) is 4.82. The van der Waals surface area contributed by atoms with Crippen LogP contribution >= 0.6 is 15.9 Å². The van der Waals surface area contributed by atoms with Crippen LogP contribution in [0.5, 0.6) is 0 Å². The zero-order chi connectivity index (χ0) is 12.2. The molecule has 0 saturated carbocycles. The lowest BCUT2D eigenvalue weighted by Gasteiger charge is -2.22. The number of nitrogens with one attached hydrogen (secondary N) is 1. The van der Waals surface area contributed by atoms with Gasteiger partial charge in [0.25, 0.3) is 5.91 Å². The molecule has 4 nitrogen and oxygen atoms in total. The maximum atomic E-state index is 11.6. The van der Waals surface area contributed by atoms with Gasteiger partial charge in [0.15, 0.2) is 0 Å². The van der Waals surface area contributed by atoms with E-state index in [0.29, 0.717) is 6.42 Å². The lowest BCUT2D eigenvalue weighted by atomic mass is 9.93. The zero-order valence-corrected chi connectivity index (χ0v) is 10.9. The molecule has 1 aromatic rings. The highest BCUT2D eigenvalue weighted by molar-refractivity contribution is 9.10. The molecule has 0 radical (unpaired) electrons. The van der Waals surface area contributed by atoms with Crippen LogP contribution in [0, 0.1) is 0 Å². The van der Waals surface area contributed by atoms with E-state index in [2.05, 4.69) is 26.2 Å². The molecule has 0 fully saturated rings. The monoisotopic (exact) mass is 286 g/mol. The molecule has 5 heteroatoms. The molecule has 0 bridgehead atoms. The van der Waals surface area contributed by atoms with Gasteiger partial charge in [-0.2, -0.15) is 0 Å². The summed E-state index contributed by atoms with van der Waals surface area (Å²) in [7, 11) is 1.38. The van der Waals surface area contributed by atoms with Crippen molar-refractivity contribution in [2.75, 3.05) is 7.11 Å². The molecule has 0 heterocycles. The van der Waals surface area contributed by atoms with Gasteiger partial charge >= 0.3 is 0 Å². The maximum Gasteiger partial charge on any atom is 0.263 e. The molecule has 0 aromatic heterocycles. The summed E-state index contributed by atoms with van der Waals surface area (Å²) in [6.07, 6.45) is 0.446. The Morgan fingerprint density at radius 2 is 2.31 bits per heavy atom. The predicted molar refractivity (Wildman–Crippen MR) is 65.6 cm³/mol. The molecular weight excluding hydrogens is 272 g/mol. The minimum absolute atomic E-state index is 0.338. The van der Waals surface area contributed by atoms with E-state index in [0.717, 1.165) is 10.0 Å². The number of benzene rings is 1. The van der Waals surface area contributed by atoms with Crippen molar-refractivity contribution in [1.29, 1.82) is 0 Å². The van der Waals surface area contributed by atoms with Crippen molar-refractivity contribution < 1.29 is 9.63 Å². The topological polar surface area (TPSA) is 64.3 Å². The third kappa shape index (κ3) is 3.59. The van der Waals surface area contributed by atoms with E-state index in [1.165, 1.54) is 7.11 Å². The van der Waals surface area contributed by atoms with E-state index in [1.54, 1.807) is 6.92 Å². The summed E-state index contributed by atoms with van der Waals surface area (Å²) < 4.78 is 0.966. The number of amides is 1. The van der Waals surface area contributed by atoms with Gasteiger partial charge in [-0.3, -0.25) is 9.63 Å². The average Bonchev–Trinajstić information content (AvgIpc) is 2.17. The highest BCUT2D eigenvalue weighted by Crippen LogP contribution is 2.16. The summed E-state index contributed by atoms with van der Waals surface area (Å²) in [5.41, 5.74) is 8.17. The van der Waals surface area contributed by atoms with Crippen LogP contribution in [0.2, 0.25) is 0 Å². The molecule has 0 aliphatic heterocycles. The minimum atomic E-state index is -0.989. The number of nitrogens with two attached hydrogens (primary N) is 1. The predicted octanol–water partition coefficient (Wildman–Crippen LogP) is 1.39. The number of hydrogen-bond acceptors (Lipinski definition) is 3. The molecule has 88 valence electrons. The average molecular weight is 287 g/mol. The molecule has 1 aromatic carbocycles. The first-order chi connectivity index (χ1) is 7.45. The van der Waals surface area contributed by atoms with Gasteiger partial charge in [-0.1, -0.05) is 28.1 Å². The number of hydroxylamine groups is 1. The summed E-state index contributed by atoms with van der Waals surface area (Å²) in [6.45, 7) is 1.67. The van der Waals surface area contributed by atoms with Gasteiger partial charge in [-0.05, 0) is 31.0 Å². The van der Waals surface area contributed by atoms with Crippen LogP contribution in [0.15, 0.2) is 28.7 Å². The number of carbonyl (C=O) groups is 1. The molecule has 0 aliphatic carbocycles. The third-order valence-corrected chi connectivity index (χ3v) is 2.67. The van der Waals surface area contributed by atoms with E-state index in [-0.39, 0.29) is 5.91 Å². The van der Waals surface area contributed by atoms with Gasteiger partial charge in [-0.25, -0.2) is 5.48 Å². The molecule has 1 rings (SSSR count). The van der Waals surface area contributed by atoms with E-state index < -0.39 is 5.54 Å². The van der Waals surface area contributed by atoms with Crippen molar-refractivity contribution in [3.05, 3.63) is 34.3 Å². The molecule has 16 heavy (non-hydrogen) atoms. The number of rotatable bonds is 4. The summed E-state index contributed by atoms with van der Waals surface area (Å²) in [6, 6.07) is 7.69. The Bertz CT molecular complexity index is 380. The highest BCUT2D eigenvalue weighted by Gasteiger charge is 2.28. The molecule has 1 amide bonds. The van der Waals surface area contributed by atoms with Crippen LogP contribution in [-0.2, 0) is 16.1 Å². The van der Waals surface area contributed by atoms with Crippen molar-refractivity contribution in [3.63, 3.8) is 0 Å². The summed E-state index contributed by atoms with van der Waals surface area (Å²) in [5.74, 6) is -0.338. The van der Waals surface area contributed by atoms with Crippen molar-refractivity contribution >= 4 is 21.8 Å². The van der Waals surface area contributed by atoms with Crippen LogP contribution in [0.25, 0.3) is 0 Å². The first kappa shape index (κ1) is 13.2. The Balaban J connectivity index is 2.75. The third-order valence-electron chi connectivity index (χ3n) is 2.17. The highest BCUT2D eigenvalue weighted by atomic mass is 79.9. The normalized spacial score (nSPS) is 14.2. The van der Waals surface area contributed by atoms with Gasteiger partial charge < -0.3 is 5.73 Å². The van der Waals surface area contributed by atoms with E-state index in [9.17, 15) is 4.79 Å². The lowest BCUT2D eigenvalue weighted by Crippen LogP contribution is -2.52. The Labute approximate surface area is 103 Å². The second kappa shape index (κ2) is 5.43. The van der Waals surface area contributed by atoms with Crippen molar-refractivity contribution in [2.45, 2.75) is 18.9 Å². The smallest absolute Gasteiger partial charge is 0.263 e. The van der Waals surface area contributed by atoms with Crippen molar-refractivity contribution in [2.24, 2.45) is 5.73 Å². The molecule has 0 spiro atoms. The summed E-state index contributed by atoms with van der Waals surface area (Å²) >= 11 is 3.37. The number of halogens is 1. The fourth-order valence-electron chi connectivity index (χ4n) is 1.36. The molecule has 0 unspecified atom stereocenters. The summed E-state index contributed by atoms with van der Waals surface area (Å²) in [5, 5.41) is 0. The Morgan fingerprint density at radius 3 is 2.88 bits per heavy atom. The van der Waals surface area contributed by atoms with Gasteiger partial charge in [0.2, 0.25) is 0 Å². The van der Waals surface area contributed by atoms with Crippen LogP contribution in [0.3, 0.4) is 0 Å². The molecule has 1 atom stereocenters. The van der Waals surface area contributed by atoms with Gasteiger partial charge in [0.05, 0.1) is 12.6 Å². The second-order valence-electron chi connectivity index (χ2n) is 3.86. The Kier molecular flexibility index (Phi) is 4.46. The van der Waals surface area contributed by atoms with Crippen molar-refractivity contribution in [1.82, 2.24) is 5.48 Å². The van der Waals surface area contributed by atoms with E-state index in [1.807, 2.05) is 24.3 Å². The SMILES string of the molecule is CONC(=O)[C@@](C)(N)Cc1cccc(Br)c1. The molecule has 0 saturated heterocycles. The van der Waals surface area contributed by atoms with Crippen LogP contribution in [0.1, 0.15) is 12.5 Å². The molecular formula is C11H15BrN2O2. The fourth-order valence-corrected chi connectivity index (χ4v) is 1.81. The van der Waals surface area contributed by atoms with E-state index >= 15 is 0 Å². The fraction of sp³-hybridized carbons (Fsp3) is 0.364. The minimum Gasteiger partial charge on any atom is -0.317 e. The summed E-state index contributed by atoms with van der Waals surface area (Å²) in [4.78, 5) is 16.1. The standard InChI is InChI=1S/C11H15BrN2O2/c1-11(13,10(15)14-16-2)7-8-4-3-5-9(12)6-8/h3-6H,7,13H2,1-2H3,(H,14,15)/t11-/m0/s1. The molecule has 3 N–H and O–H groups in total. The zero-order valence-electron chi connectivity index (χ0n) is 9.29. The number of carbonyl (C=O) groups excluding carboxylic acids is 1. The van der Waals surface area contributed by atoms with Crippen LogP contribution in [-0.4, -0.2) is 18.6 Å². The first-order valence-corrected chi connectivity index (χ1v) is 5.62. The van der Waals surface area contributed by atoms with Gasteiger partial charge in [0, 0.05) is 4.47 Å². The van der Waals surface area contributed by atoms with Crippen molar-refractivity contribution in [3.8, 4) is 0 Å². The second-order valence-corrected chi connectivity index (χ2v) is 4.78. The molecule has 0 aliphatic rings. The van der Waals surface area contributed by atoms with Crippen LogP contribution in [0.4, 0.5) is 0 Å². The maximum absolute atomic E-state index is 11.6. The van der Waals surface area contributed by atoms with Gasteiger partial charge in [-0.15, -0.1) is 0 Å². The Hall–Kier alpha value is -0.910. The quantitative estimate of drug-likeness (QED) is 0.822. The number of hydrogen-bond donors (Lipinski definition) is 2. The largest absolute Gasteiger partial charge is 0.317 e. The Morgan fingerprint density at radius 1 is 1.62 bits per heavy atom. The lowest BCUT2D eigenvalue weighted by molar-refractivity contribution is -0.136. The van der Waals surface area contributed by atoms with E-state index in [4.69, 9.17) is 5.73 Å².